The Kier molecular flexibility index (Phi) is 5.81. The van der Waals surface area contributed by atoms with Crippen molar-refractivity contribution in [2.45, 2.75) is 6.10 Å². The summed E-state index contributed by atoms with van der Waals surface area (Å²) in [4.78, 5) is 17.9. The number of carbonyl (C=O) groups excluding carboxylic acids is 1. The monoisotopic (exact) mass is 458 g/mol. The molecule has 0 bridgehead atoms. The number of carbonyl (C=O) groups is 1. The molecule has 160 valence electrons. The van der Waals surface area contributed by atoms with E-state index in [4.69, 9.17) is 39.0 Å². The first-order valence-electron chi connectivity index (χ1n) is 9.33. The molecule has 3 aromatic rings. The number of β-amino-alcohol motifs (C(OH)–C–C–N with tert-alkyl or cyclic N) is 1. The molecule has 1 aliphatic heterocycles. The fourth-order valence-electron chi connectivity index (χ4n) is 3.20. The molecule has 1 fully saturated rings. The van der Waals surface area contributed by atoms with Crippen LogP contribution in [0.3, 0.4) is 0 Å². The molecule has 0 spiro atoms. The van der Waals surface area contributed by atoms with Gasteiger partial charge in [0.1, 0.15) is 17.2 Å². The lowest BCUT2D eigenvalue weighted by molar-refractivity contribution is 0.0482. The largest absolute Gasteiger partial charge is 0.496 e. The Morgan fingerprint density at radius 2 is 2.06 bits per heavy atom. The Hall–Kier alpha value is -3.14. The summed E-state index contributed by atoms with van der Waals surface area (Å²) in [5.74, 6) is 0.702. The topological polar surface area (TPSA) is 110 Å². The number of nitrogens with one attached hydrogen (secondary N) is 1. The first-order chi connectivity index (χ1) is 14.9. The zero-order chi connectivity index (χ0) is 22.1. The minimum absolute atomic E-state index is 0.232. The summed E-state index contributed by atoms with van der Waals surface area (Å²) < 4.78 is 11.2. The van der Waals surface area contributed by atoms with Gasteiger partial charge in [0, 0.05) is 36.8 Å². The predicted octanol–water partition coefficient (Wildman–Crippen LogP) is 3.16. The number of ether oxygens (including phenoxy) is 2. The van der Waals surface area contributed by atoms with Crippen LogP contribution in [0.15, 0.2) is 42.6 Å². The van der Waals surface area contributed by atoms with Crippen molar-refractivity contribution in [1.82, 2.24) is 9.88 Å². The molecule has 0 atom stereocenters. The summed E-state index contributed by atoms with van der Waals surface area (Å²) in [5, 5.41) is 14.0. The van der Waals surface area contributed by atoms with E-state index in [1.807, 2.05) is 4.90 Å². The molecule has 4 rings (SSSR count). The number of methoxy groups -OCH3 is 1. The van der Waals surface area contributed by atoms with E-state index in [0.29, 0.717) is 57.1 Å². The fourth-order valence-corrected chi connectivity index (χ4v) is 3.68. The van der Waals surface area contributed by atoms with E-state index in [9.17, 15) is 9.90 Å². The van der Waals surface area contributed by atoms with Crippen LogP contribution in [0.1, 0.15) is 10.4 Å². The van der Waals surface area contributed by atoms with Crippen molar-refractivity contribution < 1.29 is 19.4 Å². The first-order valence-corrected chi connectivity index (χ1v) is 10.1. The minimum Gasteiger partial charge on any atom is -0.496 e. The third-order valence-electron chi connectivity index (χ3n) is 4.85. The molecular weight excluding hydrogens is 440 g/mol. The van der Waals surface area contributed by atoms with Crippen LogP contribution in [-0.2, 0) is 0 Å². The van der Waals surface area contributed by atoms with Crippen LogP contribution in [-0.4, -0.2) is 52.3 Å². The highest BCUT2D eigenvalue weighted by molar-refractivity contribution is 7.80. The van der Waals surface area contributed by atoms with Crippen LogP contribution in [0.4, 0.5) is 5.69 Å². The van der Waals surface area contributed by atoms with Crippen molar-refractivity contribution in [2.24, 2.45) is 5.73 Å². The van der Waals surface area contributed by atoms with Crippen molar-refractivity contribution in [3.8, 4) is 17.2 Å². The number of hydrogen-bond acceptors (Lipinski definition) is 6. The number of aromatic nitrogens is 1. The lowest BCUT2D eigenvalue weighted by Crippen LogP contribution is -2.54. The van der Waals surface area contributed by atoms with Crippen molar-refractivity contribution in [1.29, 1.82) is 0 Å². The van der Waals surface area contributed by atoms with Crippen LogP contribution in [0.5, 0.6) is 17.2 Å². The number of amides is 1. The highest BCUT2D eigenvalue weighted by Crippen LogP contribution is 2.35. The summed E-state index contributed by atoms with van der Waals surface area (Å²) >= 11 is 11.7. The molecule has 31 heavy (non-hydrogen) atoms. The lowest BCUT2D eigenvalue weighted by atomic mass is 10.1. The van der Waals surface area contributed by atoms with Gasteiger partial charge in [0.05, 0.1) is 35.0 Å². The van der Waals surface area contributed by atoms with Crippen LogP contribution in [0.25, 0.3) is 10.9 Å². The third kappa shape index (κ3) is 4.34. The summed E-state index contributed by atoms with van der Waals surface area (Å²) in [6.07, 6.45) is 1.25. The number of anilines is 1. The minimum atomic E-state index is -0.613. The molecule has 4 N–H and O–H groups in total. The highest BCUT2D eigenvalue weighted by Gasteiger charge is 2.26. The second-order valence-corrected chi connectivity index (χ2v) is 7.77. The molecule has 0 radical (unpaired) electrons. The maximum atomic E-state index is 11.8. The van der Waals surface area contributed by atoms with Crippen molar-refractivity contribution >= 4 is 51.4 Å². The van der Waals surface area contributed by atoms with Crippen LogP contribution in [0.2, 0.25) is 5.02 Å². The molecule has 2 heterocycles. The first kappa shape index (κ1) is 21.1. The molecule has 0 saturated carbocycles. The number of likely N-dealkylation sites (tertiary alicyclic amines) is 1. The number of nitrogens with zero attached hydrogens (tertiary/aromatic N) is 2. The molecule has 2 aromatic carbocycles. The Morgan fingerprint density at radius 1 is 1.29 bits per heavy atom. The summed E-state index contributed by atoms with van der Waals surface area (Å²) in [6, 6.07) is 10.1. The maximum Gasteiger partial charge on any atom is 0.252 e. The normalized spacial score (nSPS) is 13.6. The second-order valence-electron chi connectivity index (χ2n) is 6.98. The number of thiocarbonyl (C=S) groups is 1. The Bertz CT molecular complexity index is 1180. The van der Waals surface area contributed by atoms with Crippen molar-refractivity contribution in [2.75, 3.05) is 25.5 Å². The van der Waals surface area contributed by atoms with Crippen molar-refractivity contribution in [3.05, 3.63) is 53.2 Å². The molecule has 1 saturated heterocycles. The predicted molar refractivity (Wildman–Crippen MR) is 122 cm³/mol. The van der Waals surface area contributed by atoms with E-state index in [0.717, 1.165) is 0 Å². The maximum absolute atomic E-state index is 11.8. The SMILES string of the molecule is COc1cc2nccc(Oc3ccc(NC(=S)N4CC(O)C4)c(Cl)c3)c2cc1C(N)=O. The molecule has 8 nitrogen and oxygen atoms in total. The van der Waals surface area contributed by atoms with Crippen LogP contribution in [0, 0.1) is 0 Å². The number of primary amides is 1. The second kappa shape index (κ2) is 8.54. The molecular formula is C21H19ClN4O4S. The standard InChI is InChI=1S/C21H19ClN4O4S/c1-29-19-8-17-13(7-14(19)20(23)28)18(4-5-24-17)30-12-2-3-16(15(22)6-12)25-21(31)26-9-11(27)10-26/h2-8,11,27H,9-10H2,1H3,(H2,23,28)(H,25,31). The summed E-state index contributed by atoms with van der Waals surface area (Å²) in [7, 11) is 1.46. The number of pyridine rings is 1. The fraction of sp³-hybridized carbons (Fsp3) is 0.190. The van der Waals surface area contributed by atoms with Gasteiger partial charge in [-0.1, -0.05) is 11.6 Å². The number of nitrogens with two attached hydrogens (primary N) is 1. The van der Waals surface area contributed by atoms with Gasteiger partial charge in [-0.3, -0.25) is 9.78 Å². The van der Waals surface area contributed by atoms with E-state index >= 15 is 0 Å². The quantitative estimate of drug-likeness (QED) is 0.500. The average molecular weight is 459 g/mol. The zero-order valence-corrected chi connectivity index (χ0v) is 18.0. The third-order valence-corrected chi connectivity index (χ3v) is 5.52. The van der Waals surface area contributed by atoms with Gasteiger partial charge in [-0.05, 0) is 36.5 Å². The Balaban J connectivity index is 1.59. The van der Waals surface area contributed by atoms with Gasteiger partial charge in [0.15, 0.2) is 5.11 Å². The smallest absolute Gasteiger partial charge is 0.252 e. The highest BCUT2D eigenvalue weighted by atomic mass is 35.5. The van der Waals surface area contributed by atoms with E-state index in [-0.39, 0.29) is 11.7 Å². The van der Waals surface area contributed by atoms with Gasteiger partial charge in [-0.15, -0.1) is 0 Å². The number of aliphatic hydroxyl groups is 1. The van der Waals surface area contributed by atoms with Gasteiger partial charge in [-0.25, -0.2) is 0 Å². The number of benzene rings is 2. The molecule has 1 amide bonds. The number of fused-ring (bicyclic) bond motifs is 1. The summed E-state index contributed by atoms with van der Waals surface area (Å²) in [6.45, 7) is 0.996. The van der Waals surface area contributed by atoms with Gasteiger partial charge in [-0.2, -0.15) is 0 Å². The molecule has 0 aliphatic carbocycles. The Morgan fingerprint density at radius 3 is 2.71 bits per heavy atom. The number of aliphatic hydroxyl groups excluding tert-OH is 1. The Labute approximate surface area is 188 Å². The van der Waals surface area contributed by atoms with E-state index < -0.39 is 5.91 Å². The van der Waals surface area contributed by atoms with Gasteiger partial charge >= 0.3 is 0 Å². The van der Waals surface area contributed by atoms with Gasteiger partial charge < -0.3 is 30.5 Å². The van der Waals surface area contributed by atoms with E-state index in [1.165, 1.54) is 7.11 Å². The van der Waals surface area contributed by atoms with Gasteiger partial charge in [0.2, 0.25) is 0 Å². The van der Waals surface area contributed by atoms with Crippen LogP contribution >= 0.6 is 23.8 Å². The number of rotatable bonds is 5. The van der Waals surface area contributed by atoms with Crippen molar-refractivity contribution in [3.63, 3.8) is 0 Å². The molecule has 1 aromatic heterocycles. The zero-order valence-electron chi connectivity index (χ0n) is 16.5. The number of hydrogen-bond donors (Lipinski definition) is 3. The van der Waals surface area contributed by atoms with E-state index in [1.54, 1.807) is 42.6 Å². The summed E-state index contributed by atoms with van der Waals surface area (Å²) in [5.41, 5.74) is 6.92. The van der Waals surface area contributed by atoms with Crippen LogP contribution < -0.4 is 20.5 Å². The number of halogens is 1. The van der Waals surface area contributed by atoms with Gasteiger partial charge in [0.25, 0.3) is 5.91 Å². The average Bonchev–Trinajstić information content (AvgIpc) is 2.72. The molecule has 0 unspecified atom stereocenters. The van der Waals surface area contributed by atoms with E-state index in [2.05, 4.69) is 10.3 Å². The lowest BCUT2D eigenvalue weighted by Gasteiger charge is -2.37. The molecule has 1 aliphatic rings. The molecule has 10 heteroatoms.